The summed E-state index contributed by atoms with van der Waals surface area (Å²) in [6.07, 6.45) is 1.83. The van der Waals surface area contributed by atoms with Gasteiger partial charge in [-0.05, 0) is 24.6 Å². The highest BCUT2D eigenvalue weighted by Crippen LogP contribution is 2.17. The number of rotatable bonds is 6. The molecule has 0 aliphatic rings. The summed E-state index contributed by atoms with van der Waals surface area (Å²) >= 11 is 0. The highest BCUT2D eigenvalue weighted by molar-refractivity contribution is 5.94. The topological polar surface area (TPSA) is 64.3 Å². The van der Waals surface area contributed by atoms with Gasteiger partial charge in [0.15, 0.2) is 11.6 Å². The van der Waals surface area contributed by atoms with Crippen LogP contribution in [0.25, 0.3) is 0 Å². The third-order valence-electron chi connectivity index (χ3n) is 2.60. The number of ether oxygens (including phenoxy) is 1. The Morgan fingerprint density at radius 3 is 2.89 bits per heavy atom. The van der Waals surface area contributed by atoms with Gasteiger partial charge < -0.3 is 15.8 Å². The first-order chi connectivity index (χ1) is 8.58. The van der Waals surface area contributed by atoms with E-state index in [4.69, 9.17) is 10.5 Å². The SMILES string of the molecule is CCCC(N)CNC(=O)c1ccc(F)c(OC)c1. The maximum atomic E-state index is 13.2. The number of amides is 1. The summed E-state index contributed by atoms with van der Waals surface area (Å²) in [6.45, 7) is 2.44. The molecule has 0 aromatic heterocycles. The van der Waals surface area contributed by atoms with Crippen LogP contribution in [-0.2, 0) is 0 Å². The second-order valence-electron chi connectivity index (χ2n) is 4.11. The highest BCUT2D eigenvalue weighted by atomic mass is 19.1. The maximum absolute atomic E-state index is 13.2. The minimum atomic E-state index is -0.489. The lowest BCUT2D eigenvalue weighted by Crippen LogP contribution is -2.37. The van der Waals surface area contributed by atoms with Gasteiger partial charge in [0.1, 0.15) is 0 Å². The predicted molar refractivity (Wildman–Crippen MR) is 68.2 cm³/mol. The molecule has 18 heavy (non-hydrogen) atoms. The zero-order valence-electron chi connectivity index (χ0n) is 10.7. The van der Waals surface area contributed by atoms with Crippen molar-refractivity contribution in [3.05, 3.63) is 29.6 Å². The van der Waals surface area contributed by atoms with Gasteiger partial charge in [-0.15, -0.1) is 0 Å². The van der Waals surface area contributed by atoms with Crippen molar-refractivity contribution in [1.29, 1.82) is 0 Å². The zero-order valence-corrected chi connectivity index (χ0v) is 10.7. The predicted octanol–water partition coefficient (Wildman–Crippen LogP) is 1.69. The summed E-state index contributed by atoms with van der Waals surface area (Å²) in [4.78, 5) is 11.8. The van der Waals surface area contributed by atoms with E-state index in [1.165, 1.54) is 25.3 Å². The first-order valence-electron chi connectivity index (χ1n) is 5.95. The molecule has 0 heterocycles. The Balaban J connectivity index is 2.61. The van der Waals surface area contributed by atoms with Crippen molar-refractivity contribution in [3.8, 4) is 5.75 Å². The number of carbonyl (C=O) groups is 1. The Morgan fingerprint density at radius 1 is 1.56 bits per heavy atom. The molecule has 1 rings (SSSR count). The quantitative estimate of drug-likeness (QED) is 0.812. The third kappa shape index (κ3) is 4.00. The molecule has 1 aromatic carbocycles. The Kier molecular flexibility index (Phi) is 5.58. The van der Waals surface area contributed by atoms with Crippen LogP contribution in [0.15, 0.2) is 18.2 Å². The number of hydrogen-bond acceptors (Lipinski definition) is 3. The molecule has 4 nitrogen and oxygen atoms in total. The van der Waals surface area contributed by atoms with E-state index in [1.54, 1.807) is 0 Å². The van der Waals surface area contributed by atoms with Crippen LogP contribution in [0.3, 0.4) is 0 Å². The largest absolute Gasteiger partial charge is 0.494 e. The second kappa shape index (κ2) is 6.96. The molecule has 5 heteroatoms. The molecule has 0 bridgehead atoms. The van der Waals surface area contributed by atoms with E-state index in [2.05, 4.69) is 5.32 Å². The Hall–Kier alpha value is -1.62. The summed E-state index contributed by atoms with van der Waals surface area (Å²) in [7, 11) is 1.36. The first-order valence-corrected chi connectivity index (χ1v) is 5.95. The van der Waals surface area contributed by atoms with Gasteiger partial charge in [0, 0.05) is 18.2 Å². The molecule has 1 atom stereocenters. The first kappa shape index (κ1) is 14.4. The summed E-state index contributed by atoms with van der Waals surface area (Å²) in [6, 6.07) is 3.94. The number of hydrogen-bond donors (Lipinski definition) is 2. The van der Waals surface area contributed by atoms with E-state index >= 15 is 0 Å². The Bertz CT molecular complexity index is 410. The summed E-state index contributed by atoms with van der Waals surface area (Å²) in [5.74, 6) is -0.711. The minimum absolute atomic E-state index is 0.0544. The molecule has 0 radical (unpaired) electrons. The van der Waals surface area contributed by atoms with Gasteiger partial charge in [-0.2, -0.15) is 0 Å². The lowest BCUT2D eigenvalue weighted by Gasteiger charge is -2.12. The number of benzene rings is 1. The summed E-state index contributed by atoms with van der Waals surface area (Å²) in [5.41, 5.74) is 6.15. The standard InChI is InChI=1S/C13H19FN2O2/c1-3-4-10(15)8-16-13(17)9-5-6-11(14)12(7-9)18-2/h5-7,10H,3-4,8,15H2,1-2H3,(H,16,17). The van der Waals surface area contributed by atoms with Gasteiger partial charge in [-0.25, -0.2) is 4.39 Å². The highest BCUT2D eigenvalue weighted by Gasteiger charge is 2.11. The molecule has 0 saturated carbocycles. The van der Waals surface area contributed by atoms with Crippen LogP contribution in [0.1, 0.15) is 30.1 Å². The summed E-state index contributed by atoms with van der Waals surface area (Å²) < 4.78 is 18.0. The number of carbonyl (C=O) groups excluding carboxylic acids is 1. The molecule has 0 spiro atoms. The zero-order chi connectivity index (χ0) is 13.5. The third-order valence-corrected chi connectivity index (χ3v) is 2.60. The van der Waals surface area contributed by atoms with Crippen molar-refractivity contribution in [1.82, 2.24) is 5.32 Å². The number of methoxy groups -OCH3 is 1. The van der Waals surface area contributed by atoms with E-state index < -0.39 is 5.82 Å². The van der Waals surface area contributed by atoms with Gasteiger partial charge in [0.05, 0.1) is 7.11 Å². The van der Waals surface area contributed by atoms with Crippen LogP contribution >= 0.6 is 0 Å². The minimum Gasteiger partial charge on any atom is -0.494 e. The Labute approximate surface area is 106 Å². The van der Waals surface area contributed by atoms with E-state index in [0.29, 0.717) is 12.1 Å². The van der Waals surface area contributed by atoms with Crippen molar-refractivity contribution < 1.29 is 13.9 Å². The van der Waals surface area contributed by atoms with Gasteiger partial charge in [0.25, 0.3) is 5.91 Å². The fraction of sp³-hybridized carbons (Fsp3) is 0.462. The maximum Gasteiger partial charge on any atom is 0.251 e. The van der Waals surface area contributed by atoms with Crippen LogP contribution < -0.4 is 15.8 Å². The normalized spacial score (nSPS) is 12.0. The lowest BCUT2D eigenvalue weighted by atomic mass is 10.1. The second-order valence-corrected chi connectivity index (χ2v) is 4.11. The van der Waals surface area contributed by atoms with Crippen LogP contribution in [0.4, 0.5) is 4.39 Å². The average Bonchev–Trinajstić information content (AvgIpc) is 2.37. The molecular formula is C13H19FN2O2. The van der Waals surface area contributed by atoms with E-state index in [-0.39, 0.29) is 17.7 Å². The molecule has 0 saturated heterocycles. The monoisotopic (exact) mass is 254 g/mol. The fourth-order valence-electron chi connectivity index (χ4n) is 1.60. The molecule has 100 valence electrons. The van der Waals surface area contributed by atoms with Crippen molar-refractivity contribution in [3.63, 3.8) is 0 Å². The van der Waals surface area contributed by atoms with Gasteiger partial charge >= 0.3 is 0 Å². The molecule has 0 fully saturated rings. The Morgan fingerprint density at radius 2 is 2.28 bits per heavy atom. The average molecular weight is 254 g/mol. The molecule has 3 N–H and O–H groups in total. The fourth-order valence-corrected chi connectivity index (χ4v) is 1.60. The van der Waals surface area contributed by atoms with Crippen molar-refractivity contribution >= 4 is 5.91 Å². The van der Waals surface area contributed by atoms with Crippen LogP contribution in [0, 0.1) is 5.82 Å². The smallest absolute Gasteiger partial charge is 0.251 e. The van der Waals surface area contributed by atoms with Crippen LogP contribution in [-0.4, -0.2) is 25.6 Å². The number of nitrogens with one attached hydrogen (secondary N) is 1. The van der Waals surface area contributed by atoms with Gasteiger partial charge in [0.2, 0.25) is 0 Å². The molecule has 0 aliphatic heterocycles. The molecular weight excluding hydrogens is 235 g/mol. The number of nitrogens with two attached hydrogens (primary N) is 1. The lowest BCUT2D eigenvalue weighted by molar-refractivity contribution is 0.0950. The number of halogens is 1. The van der Waals surface area contributed by atoms with Crippen LogP contribution in [0.2, 0.25) is 0 Å². The molecule has 0 aliphatic carbocycles. The van der Waals surface area contributed by atoms with E-state index in [1.807, 2.05) is 6.92 Å². The van der Waals surface area contributed by atoms with E-state index in [9.17, 15) is 9.18 Å². The molecule has 1 aromatic rings. The van der Waals surface area contributed by atoms with Gasteiger partial charge in [-0.1, -0.05) is 13.3 Å². The van der Waals surface area contributed by atoms with E-state index in [0.717, 1.165) is 12.8 Å². The van der Waals surface area contributed by atoms with Crippen molar-refractivity contribution in [2.75, 3.05) is 13.7 Å². The van der Waals surface area contributed by atoms with Crippen molar-refractivity contribution in [2.24, 2.45) is 5.73 Å². The molecule has 1 amide bonds. The molecule has 1 unspecified atom stereocenters. The van der Waals surface area contributed by atoms with Crippen LogP contribution in [0.5, 0.6) is 5.75 Å². The van der Waals surface area contributed by atoms with Gasteiger partial charge in [-0.3, -0.25) is 4.79 Å². The summed E-state index contributed by atoms with van der Waals surface area (Å²) in [5, 5.41) is 2.71. The van der Waals surface area contributed by atoms with Crippen molar-refractivity contribution in [2.45, 2.75) is 25.8 Å².